The van der Waals surface area contributed by atoms with Crippen LogP contribution in [0.25, 0.3) is 0 Å². The van der Waals surface area contributed by atoms with Crippen LogP contribution < -0.4 is 11.3 Å². The topological polar surface area (TPSA) is 38.0 Å². The predicted octanol–water partition coefficient (Wildman–Crippen LogP) is 4.12. The third-order valence-electron chi connectivity index (χ3n) is 2.57. The Kier molecular flexibility index (Phi) is 5.26. The van der Waals surface area contributed by atoms with Gasteiger partial charge in [-0.1, -0.05) is 17.7 Å². The molecule has 0 aliphatic rings. The smallest absolute Gasteiger partial charge is 0.0658 e. The van der Waals surface area contributed by atoms with Crippen LogP contribution >= 0.6 is 39.0 Å². The van der Waals surface area contributed by atoms with Gasteiger partial charge in [0.05, 0.1) is 6.04 Å². The van der Waals surface area contributed by atoms with Gasteiger partial charge in [-0.2, -0.15) is 0 Å². The van der Waals surface area contributed by atoms with Gasteiger partial charge < -0.3 is 0 Å². The van der Waals surface area contributed by atoms with Crippen LogP contribution in [0.3, 0.4) is 0 Å². The molecule has 0 saturated carbocycles. The minimum Gasteiger partial charge on any atom is -0.271 e. The van der Waals surface area contributed by atoms with Crippen LogP contribution in [0, 0.1) is 6.92 Å². The second-order valence-corrected chi connectivity index (χ2v) is 6.87. The second-order valence-electron chi connectivity index (χ2n) is 3.98. The van der Waals surface area contributed by atoms with E-state index in [1.165, 1.54) is 15.3 Å². The summed E-state index contributed by atoms with van der Waals surface area (Å²) in [6, 6.07) is 10.8. The second kappa shape index (κ2) is 6.73. The Labute approximate surface area is 124 Å². The number of benzene rings is 1. The quantitative estimate of drug-likeness (QED) is 0.487. The van der Waals surface area contributed by atoms with Crippen molar-refractivity contribution >= 4 is 39.0 Å². The van der Waals surface area contributed by atoms with Gasteiger partial charge in [0.2, 0.25) is 0 Å². The van der Waals surface area contributed by atoms with E-state index < -0.39 is 0 Å². The van der Waals surface area contributed by atoms with Crippen molar-refractivity contribution in [3.63, 3.8) is 0 Å². The molecule has 0 amide bonds. The number of nitrogens with two attached hydrogens (primary N) is 1. The van der Waals surface area contributed by atoms with Crippen molar-refractivity contribution in [1.29, 1.82) is 0 Å². The van der Waals surface area contributed by atoms with Gasteiger partial charge in [0.25, 0.3) is 0 Å². The number of thioether (sulfide) groups is 1. The minimum absolute atomic E-state index is 0.171. The highest BCUT2D eigenvalue weighted by Crippen LogP contribution is 2.32. The lowest BCUT2D eigenvalue weighted by molar-refractivity contribution is 0.618. The maximum absolute atomic E-state index is 5.65. The van der Waals surface area contributed by atoms with Crippen LogP contribution in [-0.2, 0) is 0 Å². The maximum Gasteiger partial charge on any atom is 0.0658 e. The monoisotopic (exact) mass is 342 g/mol. The molecule has 5 heteroatoms. The lowest BCUT2D eigenvalue weighted by atomic mass is 10.2. The summed E-state index contributed by atoms with van der Waals surface area (Å²) in [4.78, 5) is 2.53. The highest BCUT2D eigenvalue weighted by atomic mass is 79.9. The van der Waals surface area contributed by atoms with Crippen LogP contribution in [0.15, 0.2) is 45.1 Å². The highest BCUT2D eigenvalue weighted by molar-refractivity contribution is 9.10. The molecule has 0 aliphatic carbocycles. The molecule has 0 bridgehead atoms. The van der Waals surface area contributed by atoms with Gasteiger partial charge in [-0.15, -0.1) is 23.1 Å². The van der Waals surface area contributed by atoms with Crippen molar-refractivity contribution in [2.45, 2.75) is 17.9 Å². The fraction of sp³-hybridized carbons (Fsp3) is 0.231. The molecule has 18 heavy (non-hydrogen) atoms. The predicted molar refractivity (Wildman–Crippen MR) is 84.0 cm³/mol. The van der Waals surface area contributed by atoms with Gasteiger partial charge in [-0.05, 0) is 46.4 Å². The fourth-order valence-corrected chi connectivity index (χ4v) is 4.52. The lowest BCUT2D eigenvalue weighted by Gasteiger charge is -2.14. The molecule has 1 heterocycles. The molecule has 3 N–H and O–H groups in total. The number of nitrogens with one attached hydrogen (secondary N) is 1. The first-order chi connectivity index (χ1) is 8.70. The first-order valence-electron chi connectivity index (χ1n) is 5.59. The van der Waals surface area contributed by atoms with E-state index in [0.29, 0.717) is 0 Å². The molecule has 2 nitrogen and oxygen atoms in total. The average molecular weight is 343 g/mol. The van der Waals surface area contributed by atoms with Gasteiger partial charge in [0, 0.05) is 20.0 Å². The molecule has 0 fully saturated rings. The lowest BCUT2D eigenvalue weighted by Crippen LogP contribution is -2.29. The summed E-state index contributed by atoms with van der Waals surface area (Å²) in [6.07, 6.45) is 0. The Morgan fingerprint density at radius 3 is 2.89 bits per heavy atom. The van der Waals surface area contributed by atoms with Crippen molar-refractivity contribution in [1.82, 2.24) is 5.43 Å². The molecule has 0 saturated heterocycles. The largest absolute Gasteiger partial charge is 0.271 e. The zero-order valence-corrected chi connectivity index (χ0v) is 13.2. The van der Waals surface area contributed by atoms with Gasteiger partial charge in [-0.3, -0.25) is 11.3 Å². The summed E-state index contributed by atoms with van der Waals surface area (Å²) in [5.41, 5.74) is 4.18. The molecule has 2 rings (SSSR count). The molecule has 1 atom stereocenters. The number of rotatable bonds is 5. The van der Waals surface area contributed by atoms with Crippen molar-refractivity contribution in [2.24, 2.45) is 5.84 Å². The fourth-order valence-electron chi connectivity index (χ4n) is 1.64. The van der Waals surface area contributed by atoms with E-state index in [9.17, 15) is 0 Å². The Balaban J connectivity index is 2.02. The van der Waals surface area contributed by atoms with Crippen molar-refractivity contribution in [3.8, 4) is 0 Å². The number of hydrogen-bond acceptors (Lipinski definition) is 4. The van der Waals surface area contributed by atoms with E-state index in [4.69, 9.17) is 5.84 Å². The summed E-state index contributed by atoms with van der Waals surface area (Å²) in [7, 11) is 0. The van der Waals surface area contributed by atoms with Crippen LogP contribution in [0.5, 0.6) is 0 Å². The minimum atomic E-state index is 0.171. The summed E-state index contributed by atoms with van der Waals surface area (Å²) < 4.78 is 1.13. The van der Waals surface area contributed by atoms with Crippen LogP contribution in [0.4, 0.5) is 0 Å². The molecule has 0 radical (unpaired) electrons. The van der Waals surface area contributed by atoms with Crippen LogP contribution in [-0.4, -0.2) is 5.75 Å². The van der Waals surface area contributed by atoms with E-state index in [0.717, 1.165) is 10.2 Å². The Morgan fingerprint density at radius 1 is 1.44 bits per heavy atom. The van der Waals surface area contributed by atoms with Crippen LogP contribution in [0.2, 0.25) is 0 Å². The molecule has 1 unspecified atom stereocenters. The Hall–Kier alpha value is -0.330. The normalized spacial score (nSPS) is 12.6. The van der Waals surface area contributed by atoms with Crippen molar-refractivity contribution < 1.29 is 0 Å². The van der Waals surface area contributed by atoms with Gasteiger partial charge >= 0.3 is 0 Å². The standard InChI is InChI=1S/C13H15BrN2S2/c1-9-3-2-4-10(7-9)18-8-12(16-15)13-11(14)5-6-17-13/h2-7,12,16H,8,15H2,1H3. The van der Waals surface area contributed by atoms with Crippen molar-refractivity contribution in [2.75, 3.05) is 5.75 Å². The van der Waals surface area contributed by atoms with E-state index in [1.54, 1.807) is 11.3 Å². The van der Waals surface area contributed by atoms with Gasteiger partial charge in [-0.25, -0.2) is 0 Å². The molecule has 0 aliphatic heterocycles. The number of halogens is 1. The van der Waals surface area contributed by atoms with E-state index >= 15 is 0 Å². The molecule has 1 aromatic heterocycles. The molecule has 96 valence electrons. The number of hydrazine groups is 1. The third kappa shape index (κ3) is 3.59. The first-order valence-corrected chi connectivity index (χ1v) is 8.25. The van der Waals surface area contributed by atoms with E-state index in [-0.39, 0.29) is 6.04 Å². The van der Waals surface area contributed by atoms with E-state index in [2.05, 4.69) is 64.0 Å². The van der Waals surface area contributed by atoms with Gasteiger partial charge in [0.15, 0.2) is 0 Å². The number of hydrogen-bond donors (Lipinski definition) is 2. The third-order valence-corrected chi connectivity index (χ3v) is 5.64. The summed E-state index contributed by atoms with van der Waals surface area (Å²) in [5.74, 6) is 6.57. The molecular weight excluding hydrogens is 328 g/mol. The summed E-state index contributed by atoms with van der Waals surface area (Å²) in [6.45, 7) is 2.11. The molecular formula is C13H15BrN2S2. The maximum atomic E-state index is 5.65. The zero-order valence-electron chi connectivity index (χ0n) is 10.0. The first kappa shape index (κ1) is 14.1. The summed E-state index contributed by atoms with van der Waals surface area (Å²) >= 11 is 7.09. The number of thiophene rings is 1. The molecule has 0 spiro atoms. The summed E-state index contributed by atoms with van der Waals surface area (Å²) in [5, 5.41) is 2.07. The van der Waals surface area contributed by atoms with E-state index in [1.807, 2.05) is 11.8 Å². The number of aryl methyl sites for hydroxylation is 1. The molecule has 1 aromatic carbocycles. The Bertz CT molecular complexity index is 513. The molecule has 2 aromatic rings. The van der Waals surface area contributed by atoms with Crippen molar-refractivity contribution in [3.05, 3.63) is 50.6 Å². The average Bonchev–Trinajstić information content (AvgIpc) is 2.77. The van der Waals surface area contributed by atoms with Gasteiger partial charge in [0.1, 0.15) is 0 Å². The zero-order chi connectivity index (χ0) is 13.0. The highest BCUT2D eigenvalue weighted by Gasteiger charge is 2.14. The van der Waals surface area contributed by atoms with Crippen LogP contribution in [0.1, 0.15) is 16.5 Å². The SMILES string of the molecule is Cc1cccc(SCC(NN)c2sccc2Br)c1. The Morgan fingerprint density at radius 2 is 2.28 bits per heavy atom.